The van der Waals surface area contributed by atoms with E-state index in [2.05, 4.69) is 15.0 Å². The summed E-state index contributed by atoms with van der Waals surface area (Å²) in [5.41, 5.74) is 0.508. The maximum atomic E-state index is 13.4. The molecule has 0 aliphatic rings. The molecule has 0 saturated carbocycles. The van der Waals surface area contributed by atoms with Crippen LogP contribution in [0.25, 0.3) is 0 Å². The van der Waals surface area contributed by atoms with E-state index in [1.54, 1.807) is 28.7 Å². The highest BCUT2D eigenvalue weighted by Gasteiger charge is 2.17. The predicted molar refractivity (Wildman–Crippen MR) is 69.6 cm³/mol. The molecule has 0 spiro atoms. The number of halogens is 2. The molecule has 1 aromatic heterocycles. The van der Waals surface area contributed by atoms with Gasteiger partial charge in [-0.3, -0.25) is 10.1 Å². The Morgan fingerprint density at radius 1 is 1.56 bits per heavy atom. The van der Waals surface area contributed by atoms with Gasteiger partial charge in [0, 0.05) is 18.2 Å². The van der Waals surface area contributed by atoms with Gasteiger partial charge in [-0.15, -0.1) is 0 Å². The first-order chi connectivity index (χ1) is 8.58. The zero-order valence-corrected chi connectivity index (χ0v) is 11.0. The quantitative estimate of drug-likeness (QED) is 0.513. The van der Waals surface area contributed by atoms with E-state index >= 15 is 0 Å². The minimum absolute atomic E-state index is 0.112. The summed E-state index contributed by atoms with van der Waals surface area (Å²) in [5, 5.41) is 17.3. The lowest BCUT2D eigenvalue weighted by atomic mass is 10.2. The average Bonchev–Trinajstić information content (AvgIpc) is 2.83. The van der Waals surface area contributed by atoms with Crippen LogP contribution in [-0.2, 0) is 6.54 Å². The molecule has 0 fully saturated rings. The Kier molecular flexibility index (Phi) is 3.75. The highest BCUT2D eigenvalue weighted by Crippen LogP contribution is 2.28. The molecule has 1 heterocycles. The van der Waals surface area contributed by atoms with E-state index in [-0.39, 0.29) is 21.5 Å². The van der Waals surface area contributed by atoms with Gasteiger partial charge in [-0.25, -0.2) is 4.39 Å². The standard InChI is InChI=1S/C10H7FIN3O3/c11-7-3-9(10(15(16)17)4-8(7)12)13-5-6-1-2-18-14-6/h1-4,13H,5H2. The van der Waals surface area contributed by atoms with Crippen molar-refractivity contribution in [1.82, 2.24) is 5.16 Å². The van der Waals surface area contributed by atoms with Gasteiger partial charge in [-0.1, -0.05) is 5.16 Å². The summed E-state index contributed by atoms with van der Waals surface area (Å²) in [5.74, 6) is -0.510. The summed E-state index contributed by atoms with van der Waals surface area (Å²) in [6.45, 7) is 0.220. The van der Waals surface area contributed by atoms with Gasteiger partial charge in [0.2, 0.25) is 0 Å². The first kappa shape index (κ1) is 12.7. The van der Waals surface area contributed by atoms with Crippen molar-refractivity contribution in [2.75, 3.05) is 5.32 Å². The van der Waals surface area contributed by atoms with Crippen LogP contribution in [0.5, 0.6) is 0 Å². The van der Waals surface area contributed by atoms with Crippen LogP contribution in [0.3, 0.4) is 0 Å². The maximum Gasteiger partial charge on any atom is 0.293 e. The summed E-state index contributed by atoms with van der Waals surface area (Å²) in [6, 6.07) is 3.89. The number of nitrogens with zero attached hydrogens (tertiary/aromatic N) is 2. The summed E-state index contributed by atoms with van der Waals surface area (Å²) in [7, 11) is 0. The van der Waals surface area contributed by atoms with Crippen LogP contribution in [0.1, 0.15) is 5.69 Å². The number of hydrogen-bond acceptors (Lipinski definition) is 5. The summed E-state index contributed by atoms with van der Waals surface area (Å²) < 4.78 is 18.2. The molecular weight excluding hydrogens is 356 g/mol. The van der Waals surface area contributed by atoms with Crippen LogP contribution in [0, 0.1) is 19.5 Å². The molecule has 6 nitrogen and oxygen atoms in total. The van der Waals surface area contributed by atoms with Gasteiger partial charge in [0.1, 0.15) is 23.5 Å². The van der Waals surface area contributed by atoms with Crippen LogP contribution in [-0.4, -0.2) is 10.1 Å². The Labute approximate surface area is 114 Å². The fourth-order valence-corrected chi connectivity index (χ4v) is 1.79. The average molecular weight is 363 g/mol. The van der Waals surface area contributed by atoms with Crippen molar-refractivity contribution in [1.29, 1.82) is 0 Å². The van der Waals surface area contributed by atoms with E-state index < -0.39 is 10.7 Å². The van der Waals surface area contributed by atoms with Gasteiger partial charge in [0.05, 0.1) is 15.0 Å². The fraction of sp³-hybridized carbons (Fsp3) is 0.100. The number of benzene rings is 1. The molecule has 0 saturated heterocycles. The third kappa shape index (κ3) is 2.75. The van der Waals surface area contributed by atoms with Crippen molar-refractivity contribution in [3.8, 4) is 0 Å². The number of rotatable bonds is 4. The van der Waals surface area contributed by atoms with Crippen molar-refractivity contribution >= 4 is 34.0 Å². The zero-order chi connectivity index (χ0) is 13.1. The molecule has 94 valence electrons. The maximum absolute atomic E-state index is 13.4. The van der Waals surface area contributed by atoms with Gasteiger partial charge in [-0.2, -0.15) is 0 Å². The molecule has 0 bridgehead atoms. The van der Waals surface area contributed by atoms with Crippen molar-refractivity contribution < 1.29 is 13.8 Å². The molecule has 0 amide bonds. The van der Waals surface area contributed by atoms with Crippen LogP contribution >= 0.6 is 22.6 Å². The SMILES string of the molecule is O=[N+]([O-])c1cc(I)c(F)cc1NCc1ccon1. The molecule has 1 aromatic carbocycles. The fourth-order valence-electron chi connectivity index (χ4n) is 1.34. The normalized spacial score (nSPS) is 10.3. The Balaban J connectivity index is 2.25. The minimum Gasteiger partial charge on any atom is -0.374 e. The molecule has 8 heteroatoms. The second kappa shape index (κ2) is 5.29. The smallest absolute Gasteiger partial charge is 0.293 e. The Morgan fingerprint density at radius 2 is 2.33 bits per heavy atom. The molecule has 1 N–H and O–H groups in total. The number of nitro benzene ring substituents is 1. The summed E-state index contributed by atoms with van der Waals surface area (Å²) in [4.78, 5) is 10.3. The van der Waals surface area contributed by atoms with Gasteiger partial charge < -0.3 is 9.84 Å². The molecule has 0 aliphatic heterocycles. The number of nitrogens with one attached hydrogen (secondary N) is 1. The second-order valence-corrected chi connectivity index (χ2v) is 4.55. The third-order valence-electron chi connectivity index (χ3n) is 2.19. The van der Waals surface area contributed by atoms with Crippen LogP contribution in [0.2, 0.25) is 0 Å². The molecule has 0 aliphatic carbocycles. The van der Waals surface area contributed by atoms with E-state index in [1.165, 1.54) is 12.3 Å². The van der Waals surface area contributed by atoms with Crippen molar-refractivity contribution in [3.05, 3.63) is 49.7 Å². The molecule has 0 radical (unpaired) electrons. The molecule has 0 unspecified atom stereocenters. The van der Waals surface area contributed by atoms with E-state index in [0.717, 1.165) is 6.07 Å². The van der Waals surface area contributed by atoms with Crippen molar-refractivity contribution in [2.45, 2.75) is 6.54 Å². The topological polar surface area (TPSA) is 81.2 Å². The van der Waals surface area contributed by atoms with Crippen molar-refractivity contribution in [3.63, 3.8) is 0 Å². The Hall–Kier alpha value is -1.71. The summed E-state index contributed by atoms with van der Waals surface area (Å²) in [6.07, 6.45) is 1.39. The van der Waals surface area contributed by atoms with Crippen LogP contribution in [0.15, 0.2) is 29.0 Å². The second-order valence-electron chi connectivity index (χ2n) is 3.38. The van der Waals surface area contributed by atoms with Crippen molar-refractivity contribution in [2.24, 2.45) is 0 Å². The first-order valence-electron chi connectivity index (χ1n) is 4.84. The monoisotopic (exact) mass is 363 g/mol. The molecule has 0 atom stereocenters. The van der Waals surface area contributed by atoms with E-state index in [4.69, 9.17) is 0 Å². The highest BCUT2D eigenvalue weighted by molar-refractivity contribution is 14.1. The van der Waals surface area contributed by atoms with Gasteiger partial charge in [-0.05, 0) is 22.6 Å². The van der Waals surface area contributed by atoms with E-state index in [0.29, 0.717) is 5.69 Å². The number of nitro groups is 1. The lowest BCUT2D eigenvalue weighted by Crippen LogP contribution is -2.04. The predicted octanol–water partition coefficient (Wildman–Crippen LogP) is 2.94. The van der Waals surface area contributed by atoms with E-state index in [1.807, 2.05) is 0 Å². The van der Waals surface area contributed by atoms with Gasteiger partial charge in [0.25, 0.3) is 5.69 Å². The zero-order valence-electron chi connectivity index (χ0n) is 8.89. The molecule has 18 heavy (non-hydrogen) atoms. The minimum atomic E-state index is -0.563. The summed E-state index contributed by atoms with van der Waals surface area (Å²) >= 11 is 1.70. The third-order valence-corrected chi connectivity index (χ3v) is 3.01. The van der Waals surface area contributed by atoms with Crippen LogP contribution in [0.4, 0.5) is 15.8 Å². The molecule has 2 aromatic rings. The van der Waals surface area contributed by atoms with Crippen LogP contribution < -0.4 is 5.32 Å². The number of aromatic nitrogens is 1. The Morgan fingerprint density at radius 3 is 2.94 bits per heavy atom. The lowest BCUT2D eigenvalue weighted by Gasteiger charge is -2.06. The largest absolute Gasteiger partial charge is 0.374 e. The first-order valence-corrected chi connectivity index (χ1v) is 5.92. The lowest BCUT2D eigenvalue weighted by molar-refractivity contribution is -0.384. The number of hydrogen-bond donors (Lipinski definition) is 1. The molecular formula is C10H7FIN3O3. The Bertz CT molecular complexity index is 574. The molecule has 2 rings (SSSR count). The number of anilines is 1. The van der Waals surface area contributed by atoms with E-state index in [9.17, 15) is 14.5 Å². The van der Waals surface area contributed by atoms with Gasteiger partial charge in [0.15, 0.2) is 0 Å². The van der Waals surface area contributed by atoms with Gasteiger partial charge >= 0.3 is 0 Å². The highest BCUT2D eigenvalue weighted by atomic mass is 127.